The van der Waals surface area contributed by atoms with Crippen molar-refractivity contribution in [3.8, 4) is 0 Å². The fraction of sp³-hybridized carbons (Fsp3) is 0.667. The number of hydrogen-bond acceptors (Lipinski definition) is 2. The summed E-state index contributed by atoms with van der Waals surface area (Å²) in [4.78, 5) is 0. The van der Waals surface area contributed by atoms with Gasteiger partial charge in [0.05, 0.1) is 6.61 Å². The van der Waals surface area contributed by atoms with Crippen LogP contribution in [0.25, 0.3) is 0 Å². The first-order valence-corrected chi connectivity index (χ1v) is 2.62. The Balaban J connectivity index is 0. The molecule has 0 aromatic rings. The van der Waals surface area contributed by atoms with Crippen LogP contribution in [0.15, 0.2) is 12.7 Å². The predicted octanol–water partition coefficient (Wildman–Crippen LogP) is 0.518. The van der Waals surface area contributed by atoms with Gasteiger partial charge in [-0.25, -0.2) is 0 Å². The van der Waals surface area contributed by atoms with Crippen molar-refractivity contribution in [3.05, 3.63) is 12.7 Å². The van der Waals surface area contributed by atoms with Gasteiger partial charge in [-0.15, -0.1) is 6.58 Å². The van der Waals surface area contributed by atoms with Crippen LogP contribution in [0.4, 0.5) is 0 Å². The van der Waals surface area contributed by atoms with Gasteiger partial charge in [0, 0.05) is 0 Å². The van der Waals surface area contributed by atoms with Crippen LogP contribution in [0.2, 0.25) is 0 Å². The van der Waals surface area contributed by atoms with Crippen molar-refractivity contribution in [1.29, 1.82) is 0 Å². The van der Waals surface area contributed by atoms with Gasteiger partial charge in [-0.05, 0) is 6.04 Å². The average Bonchev–Trinajstić information content (AvgIpc) is 1.65. The number of hydrogen-bond donors (Lipinski definition) is 2. The Hall–Kier alpha value is -0.340. The third-order valence-corrected chi connectivity index (χ3v) is 0.129. The zero-order valence-corrected chi connectivity index (χ0v) is 5.59. The summed E-state index contributed by atoms with van der Waals surface area (Å²) in [6.45, 7) is 7.20. The molecule has 0 aliphatic carbocycles. The van der Waals surface area contributed by atoms with Gasteiger partial charge in [0.1, 0.15) is 0 Å². The van der Waals surface area contributed by atoms with Crippen LogP contribution < -0.4 is 5.73 Å². The summed E-state index contributed by atoms with van der Waals surface area (Å²) in [5, 5.41) is 7.76. The molecular weight excluding hydrogens is 102 g/mol. The number of nitrogens with two attached hydrogens (primary N) is 1. The molecule has 0 bridgehead atoms. The molecule has 0 saturated carbocycles. The Morgan fingerprint density at radius 2 is 1.88 bits per heavy atom. The van der Waals surface area contributed by atoms with Crippen molar-refractivity contribution in [3.63, 3.8) is 0 Å². The lowest BCUT2D eigenvalue weighted by Crippen LogP contribution is -2.06. The van der Waals surface area contributed by atoms with Crippen LogP contribution >= 0.6 is 0 Å². The number of aliphatic hydroxyl groups excluding tert-OH is 1. The molecule has 0 aliphatic heterocycles. The second kappa shape index (κ2) is 9.83. The Labute approximate surface area is 51.0 Å². The lowest BCUT2D eigenvalue weighted by Gasteiger charge is -1.81. The van der Waals surface area contributed by atoms with Gasteiger partial charge >= 0.3 is 0 Å². The zero-order valence-electron chi connectivity index (χ0n) is 5.59. The first kappa shape index (κ1) is 10.6. The summed E-state index contributed by atoms with van der Waals surface area (Å²) >= 11 is 0. The molecule has 2 heteroatoms. The van der Waals surface area contributed by atoms with E-state index in [2.05, 4.69) is 6.58 Å². The highest BCUT2D eigenvalue weighted by atomic mass is 16.2. The molecule has 0 heterocycles. The molecular formula is C6H15NO. The molecule has 2 nitrogen and oxygen atoms in total. The Kier molecular flexibility index (Phi) is 13.0. The summed E-state index contributed by atoms with van der Waals surface area (Å²) in [5.41, 5.74) is 5.11. The molecule has 0 spiro atoms. The maximum absolute atomic E-state index is 7.76. The van der Waals surface area contributed by atoms with Gasteiger partial charge in [-0.2, -0.15) is 0 Å². The van der Waals surface area contributed by atoms with Crippen molar-refractivity contribution in [2.45, 2.75) is 19.9 Å². The van der Waals surface area contributed by atoms with Gasteiger partial charge in [0.25, 0.3) is 0 Å². The Morgan fingerprint density at radius 1 is 1.75 bits per heavy atom. The van der Waals surface area contributed by atoms with Crippen LogP contribution in [-0.2, 0) is 0 Å². The van der Waals surface area contributed by atoms with Crippen LogP contribution in [-0.4, -0.2) is 17.8 Å². The van der Waals surface area contributed by atoms with E-state index in [1.807, 2.05) is 13.8 Å². The Morgan fingerprint density at radius 3 is 1.88 bits per heavy atom. The van der Waals surface area contributed by atoms with E-state index in [9.17, 15) is 0 Å². The van der Waals surface area contributed by atoms with E-state index in [1.54, 1.807) is 0 Å². The molecule has 0 radical (unpaired) electrons. The minimum absolute atomic E-state index is 0.0833. The highest BCUT2D eigenvalue weighted by Gasteiger charge is 1.67. The van der Waals surface area contributed by atoms with Crippen LogP contribution in [0.1, 0.15) is 13.8 Å². The molecule has 0 unspecified atom stereocenters. The molecule has 0 aromatic carbocycles. The van der Waals surface area contributed by atoms with Gasteiger partial charge in [-0.1, -0.05) is 19.9 Å². The topological polar surface area (TPSA) is 46.2 Å². The lowest BCUT2D eigenvalue weighted by atomic mass is 10.5. The van der Waals surface area contributed by atoms with E-state index in [4.69, 9.17) is 10.8 Å². The summed E-state index contributed by atoms with van der Waals surface area (Å²) in [7, 11) is 0. The summed E-state index contributed by atoms with van der Waals surface area (Å²) in [5.74, 6) is 0. The SMILES string of the molecule is C=CCO.CC(C)N. The fourth-order valence-electron chi connectivity index (χ4n) is 0. The molecule has 0 fully saturated rings. The van der Waals surface area contributed by atoms with Crippen molar-refractivity contribution in [2.24, 2.45) is 5.73 Å². The third-order valence-electron chi connectivity index (χ3n) is 0.129. The third kappa shape index (κ3) is 282. The van der Waals surface area contributed by atoms with Crippen molar-refractivity contribution in [2.75, 3.05) is 6.61 Å². The van der Waals surface area contributed by atoms with Crippen molar-refractivity contribution < 1.29 is 5.11 Å². The quantitative estimate of drug-likeness (QED) is 0.492. The number of rotatable bonds is 1. The highest BCUT2D eigenvalue weighted by molar-refractivity contribution is 4.60. The van der Waals surface area contributed by atoms with Crippen LogP contribution in [0.5, 0.6) is 0 Å². The maximum atomic E-state index is 7.76. The standard InChI is InChI=1S/C3H9N.C3H6O/c1-3(2)4;1-2-3-4/h3H,4H2,1-2H3;2,4H,1,3H2. The van der Waals surface area contributed by atoms with E-state index < -0.39 is 0 Å². The monoisotopic (exact) mass is 117 g/mol. The predicted molar refractivity (Wildman–Crippen MR) is 36.6 cm³/mol. The minimum Gasteiger partial charge on any atom is -0.392 e. The molecule has 50 valence electrons. The van der Waals surface area contributed by atoms with Gasteiger partial charge in [-0.3, -0.25) is 0 Å². The Bertz CT molecular complexity index is 41.0. The first-order chi connectivity index (χ1) is 3.65. The van der Waals surface area contributed by atoms with Gasteiger partial charge in [0.2, 0.25) is 0 Å². The summed E-state index contributed by atoms with van der Waals surface area (Å²) in [6, 6.07) is 0.333. The van der Waals surface area contributed by atoms with E-state index in [0.29, 0.717) is 6.04 Å². The lowest BCUT2D eigenvalue weighted by molar-refractivity contribution is 0.343. The van der Waals surface area contributed by atoms with E-state index in [0.717, 1.165) is 0 Å². The van der Waals surface area contributed by atoms with Crippen LogP contribution in [0, 0.1) is 0 Å². The zero-order chi connectivity index (χ0) is 6.99. The van der Waals surface area contributed by atoms with E-state index >= 15 is 0 Å². The maximum Gasteiger partial charge on any atom is 0.0609 e. The minimum atomic E-state index is 0.0833. The summed E-state index contributed by atoms with van der Waals surface area (Å²) < 4.78 is 0. The molecule has 0 aromatic heterocycles. The summed E-state index contributed by atoms with van der Waals surface area (Å²) in [6.07, 6.45) is 1.43. The smallest absolute Gasteiger partial charge is 0.0609 e. The molecule has 0 atom stereocenters. The van der Waals surface area contributed by atoms with E-state index in [-0.39, 0.29) is 6.61 Å². The largest absolute Gasteiger partial charge is 0.392 e. The highest BCUT2D eigenvalue weighted by Crippen LogP contribution is 1.58. The normalized spacial score (nSPS) is 7.62. The molecule has 3 N–H and O–H groups in total. The molecule has 0 saturated heterocycles. The molecule has 0 rings (SSSR count). The molecule has 0 amide bonds. The second-order valence-electron chi connectivity index (χ2n) is 1.72. The second-order valence-corrected chi connectivity index (χ2v) is 1.72. The van der Waals surface area contributed by atoms with Crippen molar-refractivity contribution >= 4 is 0 Å². The molecule has 0 aliphatic rings. The molecule has 8 heavy (non-hydrogen) atoms. The fourth-order valence-corrected chi connectivity index (χ4v) is 0. The van der Waals surface area contributed by atoms with E-state index in [1.165, 1.54) is 6.08 Å². The average molecular weight is 117 g/mol. The van der Waals surface area contributed by atoms with Gasteiger partial charge < -0.3 is 10.8 Å². The first-order valence-electron chi connectivity index (χ1n) is 2.62. The van der Waals surface area contributed by atoms with Gasteiger partial charge in [0.15, 0.2) is 0 Å². The number of aliphatic hydroxyl groups is 1. The van der Waals surface area contributed by atoms with Crippen LogP contribution in [0.3, 0.4) is 0 Å². The van der Waals surface area contributed by atoms with Crippen molar-refractivity contribution in [1.82, 2.24) is 0 Å².